The molecule has 0 saturated carbocycles. The quantitative estimate of drug-likeness (QED) is 0.851. The molecule has 0 fully saturated rings. The summed E-state index contributed by atoms with van der Waals surface area (Å²) >= 11 is 0. The Balaban J connectivity index is 2.58. The maximum Gasteiger partial charge on any atom is 0.124 e. The van der Waals surface area contributed by atoms with Crippen molar-refractivity contribution in [2.45, 2.75) is 19.4 Å². The Morgan fingerprint density at radius 3 is 2.72 bits per heavy atom. The van der Waals surface area contributed by atoms with Crippen molar-refractivity contribution in [2.24, 2.45) is 5.73 Å². The number of rotatable bonds is 5. The van der Waals surface area contributed by atoms with Crippen molar-refractivity contribution in [3.8, 4) is 5.75 Å². The van der Waals surface area contributed by atoms with Gasteiger partial charge in [0.25, 0.3) is 0 Å². The van der Waals surface area contributed by atoms with Crippen molar-refractivity contribution in [1.82, 2.24) is 0 Å². The van der Waals surface area contributed by atoms with Gasteiger partial charge in [-0.05, 0) is 30.2 Å². The van der Waals surface area contributed by atoms with Gasteiger partial charge >= 0.3 is 0 Å². The van der Waals surface area contributed by atoms with Gasteiger partial charge in [-0.1, -0.05) is 30.3 Å². The van der Waals surface area contributed by atoms with Crippen LogP contribution in [0, 0.1) is 0 Å². The molecular weight excluding hydrogens is 226 g/mol. The molecule has 2 rings (SSSR count). The molecule has 0 aromatic heterocycles. The van der Waals surface area contributed by atoms with Crippen molar-refractivity contribution >= 4 is 10.8 Å². The van der Waals surface area contributed by atoms with E-state index < -0.39 is 0 Å². The minimum Gasteiger partial charge on any atom is -0.494 e. The first-order valence-corrected chi connectivity index (χ1v) is 6.28. The molecule has 0 spiro atoms. The van der Waals surface area contributed by atoms with Gasteiger partial charge in [0.05, 0.1) is 6.61 Å². The van der Waals surface area contributed by atoms with Crippen LogP contribution >= 0.6 is 0 Å². The van der Waals surface area contributed by atoms with Crippen molar-refractivity contribution in [3.05, 3.63) is 42.0 Å². The molecule has 0 radical (unpaired) electrons. The fourth-order valence-corrected chi connectivity index (χ4v) is 2.22. The number of aliphatic hydroxyl groups is 1. The average Bonchev–Trinajstić information content (AvgIpc) is 2.39. The maximum absolute atomic E-state index is 9.07. The largest absolute Gasteiger partial charge is 0.494 e. The number of aliphatic hydroxyl groups excluding tert-OH is 1. The number of ether oxygens (including phenoxy) is 1. The van der Waals surface area contributed by atoms with Gasteiger partial charge in [0.2, 0.25) is 0 Å². The van der Waals surface area contributed by atoms with Crippen molar-refractivity contribution in [3.63, 3.8) is 0 Å². The third-order valence-corrected chi connectivity index (χ3v) is 3.04. The lowest BCUT2D eigenvalue weighted by Crippen LogP contribution is -2.14. The van der Waals surface area contributed by atoms with Gasteiger partial charge in [-0.15, -0.1) is 0 Å². The van der Waals surface area contributed by atoms with Crippen molar-refractivity contribution in [1.29, 1.82) is 0 Å². The summed E-state index contributed by atoms with van der Waals surface area (Å²) in [6.07, 6.45) is 0.536. The zero-order valence-electron chi connectivity index (χ0n) is 10.6. The number of hydrogen-bond acceptors (Lipinski definition) is 3. The topological polar surface area (TPSA) is 55.5 Å². The third kappa shape index (κ3) is 2.47. The lowest BCUT2D eigenvalue weighted by molar-refractivity contribution is 0.274. The van der Waals surface area contributed by atoms with Crippen LogP contribution in [0.3, 0.4) is 0 Å². The molecule has 3 N–H and O–H groups in total. The van der Waals surface area contributed by atoms with Gasteiger partial charge in [0, 0.05) is 18.2 Å². The van der Waals surface area contributed by atoms with Crippen LogP contribution in [0.5, 0.6) is 5.75 Å². The Hall–Kier alpha value is -1.58. The highest BCUT2D eigenvalue weighted by atomic mass is 16.5. The average molecular weight is 245 g/mol. The summed E-state index contributed by atoms with van der Waals surface area (Å²) in [5.41, 5.74) is 7.15. The fourth-order valence-electron chi connectivity index (χ4n) is 2.22. The molecule has 96 valence electrons. The highest BCUT2D eigenvalue weighted by molar-refractivity contribution is 5.88. The predicted molar refractivity (Wildman–Crippen MR) is 73.7 cm³/mol. The summed E-state index contributed by atoms with van der Waals surface area (Å²) in [7, 11) is 0. The molecule has 0 unspecified atom stereocenters. The predicted octanol–water partition coefficient (Wildman–Crippen LogP) is 2.62. The van der Waals surface area contributed by atoms with Gasteiger partial charge in [0.15, 0.2) is 0 Å². The standard InChI is InChI=1S/C15H19NO2/c1-2-18-14-8-7-11-5-3-4-6-12(11)15(14)13(16)9-10-17/h3-8,13,17H,2,9-10,16H2,1H3/t13-/m1/s1. The molecule has 0 bridgehead atoms. The summed E-state index contributed by atoms with van der Waals surface area (Å²) in [5.74, 6) is 0.817. The zero-order valence-corrected chi connectivity index (χ0v) is 10.6. The molecule has 0 amide bonds. The maximum atomic E-state index is 9.07. The molecule has 2 aromatic carbocycles. The van der Waals surface area contributed by atoms with Crippen LogP contribution in [0.25, 0.3) is 10.8 Å². The molecule has 3 nitrogen and oxygen atoms in total. The van der Waals surface area contributed by atoms with Crippen LogP contribution in [0.15, 0.2) is 36.4 Å². The van der Waals surface area contributed by atoms with Crippen molar-refractivity contribution < 1.29 is 9.84 Å². The van der Waals surface area contributed by atoms with Crippen LogP contribution < -0.4 is 10.5 Å². The van der Waals surface area contributed by atoms with Crippen LogP contribution in [0.4, 0.5) is 0 Å². The first-order chi connectivity index (χ1) is 8.77. The molecule has 0 aliphatic heterocycles. The Labute approximate surface area is 107 Å². The first-order valence-electron chi connectivity index (χ1n) is 6.28. The van der Waals surface area contributed by atoms with Crippen LogP contribution in [-0.2, 0) is 0 Å². The summed E-state index contributed by atoms with van der Waals surface area (Å²) in [6, 6.07) is 11.9. The Bertz CT molecular complexity index is 525. The second kappa shape index (κ2) is 5.85. The fraction of sp³-hybridized carbons (Fsp3) is 0.333. The lowest BCUT2D eigenvalue weighted by Gasteiger charge is -2.18. The Morgan fingerprint density at radius 2 is 2.00 bits per heavy atom. The van der Waals surface area contributed by atoms with E-state index in [-0.39, 0.29) is 12.6 Å². The van der Waals surface area contributed by atoms with E-state index in [0.717, 1.165) is 22.1 Å². The zero-order chi connectivity index (χ0) is 13.0. The Morgan fingerprint density at radius 1 is 1.22 bits per heavy atom. The van der Waals surface area contributed by atoms with E-state index in [9.17, 15) is 0 Å². The molecular formula is C15H19NO2. The van der Waals surface area contributed by atoms with E-state index in [1.54, 1.807) is 0 Å². The van der Waals surface area contributed by atoms with Gasteiger partial charge in [-0.25, -0.2) is 0 Å². The van der Waals surface area contributed by atoms with Crippen LogP contribution in [-0.4, -0.2) is 18.3 Å². The molecule has 0 aliphatic rings. The molecule has 1 atom stereocenters. The summed E-state index contributed by atoms with van der Waals surface area (Å²) in [6.45, 7) is 2.64. The van der Waals surface area contributed by atoms with Gasteiger partial charge in [-0.2, -0.15) is 0 Å². The normalized spacial score (nSPS) is 12.6. The van der Waals surface area contributed by atoms with E-state index in [2.05, 4.69) is 6.07 Å². The number of benzene rings is 2. The van der Waals surface area contributed by atoms with Crippen LogP contribution in [0.2, 0.25) is 0 Å². The number of fused-ring (bicyclic) bond motifs is 1. The van der Waals surface area contributed by atoms with Crippen LogP contribution in [0.1, 0.15) is 24.9 Å². The highest BCUT2D eigenvalue weighted by Gasteiger charge is 2.15. The molecule has 3 heteroatoms. The second-order valence-corrected chi connectivity index (χ2v) is 4.25. The third-order valence-electron chi connectivity index (χ3n) is 3.04. The van der Waals surface area contributed by atoms with E-state index in [1.165, 1.54) is 0 Å². The SMILES string of the molecule is CCOc1ccc2ccccc2c1[C@H](N)CCO. The smallest absolute Gasteiger partial charge is 0.124 e. The summed E-state index contributed by atoms with van der Waals surface area (Å²) in [5, 5.41) is 11.3. The van der Waals surface area contributed by atoms with E-state index >= 15 is 0 Å². The molecule has 18 heavy (non-hydrogen) atoms. The molecule has 0 saturated heterocycles. The lowest BCUT2D eigenvalue weighted by atomic mass is 9.96. The second-order valence-electron chi connectivity index (χ2n) is 4.25. The van der Waals surface area contributed by atoms with E-state index in [0.29, 0.717) is 13.0 Å². The molecule has 2 aromatic rings. The minimum atomic E-state index is -0.206. The molecule has 0 aliphatic carbocycles. The highest BCUT2D eigenvalue weighted by Crippen LogP contribution is 2.33. The minimum absolute atomic E-state index is 0.0793. The first kappa shape index (κ1) is 12.9. The number of nitrogens with two attached hydrogens (primary N) is 1. The van der Waals surface area contributed by atoms with Gasteiger partial charge in [-0.3, -0.25) is 0 Å². The van der Waals surface area contributed by atoms with E-state index in [4.69, 9.17) is 15.6 Å². The molecule has 0 heterocycles. The van der Waals surface area contributed by atoms with Gasteiger partial charge in [0.1, 0.15) is 5.75 Å². The monoisotopic (exact) mass is 245 g/mol. The van der Waals surface area contributed by atoms with Crippen molar-refractivity contribution in [2.75, 3.05) is 13.2 Å². The summed E-state index contributed by atoms with van der Waals surface area (Å²) in [4.78, 5) is 0. The van der Waals surface area contributed by atoms with E-state index in [1.807, 2.05) is 37.3 Å². The Kier molecular flexibility index (Phi) is 4.18. The summed E-state index contributed by atoms with van der Waals surface area (Å²) < 4.78 is 5.65. The van der Waals surface area contributed by atoms with Gasteiger partial charge < -0.3 is 15.6 Å². The number of hydrogen-bond donors (Lipinski definition) is 2.